The van der Waals surface area contributed by atoms with Crippen molar-refractivity contribution in [1.82, 2.24) is 0 Å². The molecular weight excluding hydrogens is 560 g/mol. The van der Waals surface area contributed by atoms with Crippen molar-refractivity contribution in [3.8, 4) is 0 Å². The first kappa shape index (κ1) is 33.8. The Morgan fingerprint density at radius 2 is 0.951 bits per heavy atom. The molecule has 2 heterocycles. The third-order valence-electron chi connectivity index (χ3n) is 5.63. The second kappa shape index (κ2) is 15.0. The largest absolute Gasteiger partial charge is 0.463 e. The van der Waals surface area contributed by atoms with Gasteiger partial charge in [-0.05, 0) is 0 Å². The summed E-state index contributed by atoms with van der Waals surface area (Å²) < 4.78 is 48.0. The van der Waals surface area contributed by atoms with E-state index in [1.165, 1.54) is 0 Å². The summed E-state index contributed by atoms with van der Waals surface area (Å²) in [5.41, 5.74) is 0. The van der Waals surface area contributed by atoms with Gasteiger partial charge in [-0.1, -0.05) is 0 Å². The predicted octanol–water partition coefficient (Wildman–Crippen LogP) is -1.97. The topological polar surface area (TPSA) is 226 Å². The van der Waals surface area contributed by atoms with Crippen molar-refractivity contribution in [2.75, 3.05) is 13.2 Å². The van der Waals surface area contributed by atoms with E-state index in [1.807, 2.05) is 0 Å². The maximum atomic E-state index is 12.1. The van der Waals surface area contributed by atoms with Crippen molar-refractivity contribution in [3.05, 3.63) is 0 Å². The van der Waals surface area contributed by atoms with E-state index in [0.29, 0.717) is 0 Å². The predicted molar refractivity (Wildman–Crippen MR) is 126 cm³/mol. The van der Waals surface area contributed by atoms with E-state index in [9.17, 15) is 39.0 Å². The number of hydrogen-bond donors (Lipinski definition) is 2. The SMILES string of the molecule is CC(=O)OC[C@H]1O[C@@H](O)[C@H](OC(C)=O)[C@@H](O)[C@@H]1O[C@@H]1O[C@H](COC(C)=O)[C@@H](OC(C)=O)[C@H](OC(C)=O)[C@H]1OC(C)=O. The van der Waals surface area contributed by atoms with Crippen molar-refractivity contribution < 1.29 is 81.6 Å². The zero-order valence-electron chi connectivity index (χ0n) is 23.2. The zero-order valence-corrected chi connectivity index (χ0v) is 23.2. The van der Waals surface area contributed by atoms with Gasteiger partial charge >= 0.3 is 35.8 Å². The molecule has 10 atom stereocenters. The van der Waals surface area contributed by atoms with Gasteiger partial charge in [0, 0.05) is 41.5 Å². The second-order valence-corrected chi connectivity index (χ2v) is 9.10. The molecule has 0 unspecified atom stereocenters. The monoisotopic (exact) mass is 594 g/mol. The molecule has 41 heavy (non-hydrogen) atoms. The van der Waals surface area contributed by atoms with Crippen molar-refractivity contribution >= 4 is 35.8 Å². The molecule has 0 saturated carbocycles. The summed E-state index contributed by atoms with van der Waals surface area (Å²) in [7, 11) is 0. The summed E-state index contributed by atoms with van der Waals surface area (Å²) in [6, 6.07) is 0. The molecular formula is C24H34O17. The molecule has 2 aliphatic heterocycles. The van der Waals surface area contributed by atoms with Gasteiger partial charge < -0.3 is 52.8 Å². The lowest BCUT2D eigenvalue weighted by Gasteiger charge is -2.47. The second-order valence-electron chi connectivity index (χ2n) is 9.10. The third-order valence-corrected chi connectivity index (χ3v) is 5.63. The van der Waals surface area contributed by atoms with E-state index in [1.54, 1.807) is 0 Å². The van der Waals surface area contributed by atoms with Crippen LogP contribution >= 0.6 is 0 Å². The van der Waals surface area contributed by atoms with Crippen LogP contribution in [-0.2, 0) is 71.4 Å². The van der Waals surface area contributed by atoms with Crippen molar-refractivity contribution in [2.24, 2.45) is 0 Å². The Morgan fingerprint density at radius 3 is 1.41 bits per heavy atom. The Morgan fingerprint density at radius 1 is 0.537 bits per heavy atom. The molecule has 2 saturated heterocycles. The van der Waals surface area contributed by atoms with E-state index >= 15 is 0 Å². The number of ether oxygens (including phenoxy) is 9. The molecule has 0 aromatic carbocycles. The van der Waals surface area contributed by atoms with Crippen LogP contribution in [0, 0.1) is 0 Å². The van der Waals surface area contributed by atoms with Crippen molar-refractivity contribution in [3.63, 3.8) is 0 Å². The highest BCUT2D eigenvalue weighted by Crippen LogP contribution is 2.33. The minimum atomic E-state index is -1.87. The molecule has 2 aliphatic rings. The quantitative estimate of drug-likeness (QED) is 0.206. The van der Waals surface area contributed by atoms with Crippen LogP contribution in [0.3, 0.4) is 0 Å². The van der Waals surface area contributed by atoms with Gasteiger partial charge in [-0.3, -0.25) is 28.8 Å². The van der Waals surface area contributed by atoms with Gasteiger partial charge in [0.25, 0.3) is 0 Å². The smallest absolute Gasteiger partial charge is 0.303 e. The minimum Gasteiger partial charge on any atom is -0.463 e. The van der Waals surface area contributed by atoms with Gasteiger partial charge in [0.1, 0.15) is 37.6 Å². The zero-order chi connectivity index (χ0) is 31.0. The highest BCUT2D eigenvalue weighted by molar-refractivity contribution is 5.69. The van der Waals surface area contributed by atoms with Crippen LogP contribution < -0.4 is 0 Å². The van der Waals surface area contributed by atoms with Crippen molar-refractivity contribution in [2.45, 2.75) is 103 Å². The third kappa shape index (κ3) is 9.89. The van der Waals surface area contributed by atoms with Crippen LogP contribution in [0.15, 0.2) is 0 Å². The minimum absolute atomic E-state index is 0.549. The fraction of sp³-hybridized carbons (Fsp3) is 0.750. The number of aliphatic hydroxyl groups is 2. The molecule has 0 aromatic rings. The Labute approximate surface area is 234 Å². The molecule has 0 spiro atoms. The summed E-state index contributed by atoms with van der Waals surface area (Å²) in [6.45, 7) is 5.18. The Hall–Kier alpha value is -3.38. The van der Waals surface area contributed by atoms with Gasteiger partial charge in [-0.2, -0.15) is 0 Å². The summed E-state index contributed by atoms with van der Waals surface area (Å²) in [4.78, 5) is 70.5. The molecule has 0 radical (unpaired) electrons. The average molecular weight is 595 g/mol. The first-order valence-corrected chi connectivity index (χ1v) is 12.4. The van der Waals surface area contributed by atoms with E-state index in [0.717, 1.165) is 41.5 Å². The van der Waals surface area contributed by atoms with Crippen LogP contribution in [0.2, 0.25) is 0 Å². The summed E-state index contributed by atoms with van der Waals surface area (Å²) in [5, 5.41) is 21.4. The van der Waals surface area contributed by atoms with Crippen LogP contribution in [0.1, 0.15) is 41.5 Å². The standard InChI is InChI=1S/C24H34O17/c1-9(25)33-7-15-18(17(31)20(23(32)39-15)36-12(4)28)41-24-22(38-14(6)30)21(37-13(5)29)19(35-11(3)27)16(40-24)8-34-10(2)26/h15-24,31-32H,7-8H2,1-6H3/t15-,16-,17+,18-,19-,20-,21+,22-,23-,24+/m1/s1. The first-order chi connectivity index (χ1) is 19.1. The molecule has 17 nitrogen and oxygen atoms in total. The maximum Gasteiger partial charge on any atom is 0.303 e. The summed E-state index contributed by atoms with van der Waals surface area (Å²) in [5.74, 6) is -5.01. The van der Waals surface area contributed by atoms with Crippen LogP contribution in [0.4, 0.5) is 0 Å². The van der Waals surface area contributed by atoms with Crippen molar-refractivity contribution in [1.29, 1.82) is 0 Å². The Balaban J connectivity index is 2.54. The van der Waals surface area contributed by atoms with E-state index < -0.39 is 110 Å². The number of aliphatic hydroxyl groups excluding tert-OH is 2. The molecule has 2 N–H and O–H groups in total. The Bertz CT molecular complexity index is 979. The van der Waals surface area contributed by atoms with E-state index in [-0.39, 0.29) is 0 Å². The van der Waals surface area contributed by atoms with Gasteiger partial charge in [-0.15, -0.1) is 0 Å². The maximum absolute atomic E-state index is 12.1. The normalized spacial score (nSPS) is 33.1. The summed E-state index contributed by atoms with van der Waals surface area (Å²) in [6.07, 6.45) is -16.2. The Kier molecular flexibility index (Phi) is 12.4. The molecule has 232 valence electrons. The lowest BCUT2D eigenvalue weighted by molar-refractivity contribution is -0.356. The number of carbonyl (C=O) groups is 6. The van der Waals surface area contributed by atoms with Crippen LogP contribution in [0.25, 0.3) is 0 Å². The summed E-state index contributed by atoms with van der Waals surface area (Å²) >= 11 is 0. The van der Waals surface area contributed by atoms with E-state index in [2.05, 4.69) is 0 Å². The van der Waals surface area contributed by atoms with Gasteiger partial charge in [0.15, 0.2) is 37.0 Å². The van der Waals surface area contributed by atoms with E-state index in [4.69, 9.17) is 42.6 Å². The molecule has 2 rings (SSSR count). The number of carbonyl (C=O) groups excluding carboxylic acids is 6. The number of rotatable bonds is 10. The average Bonchev–Trinajstić information content (AvgIpc) is 2.83. The fourth-order valence-corrected chi connectivity index (χ4v) is 4.18. The lowest BCUT2D eigenvalue weighted by Crippen LogP contribution is -2.66. The molecule has 2 fully saturated rings. The fourth-order valence-electron chi connectivity index (χ4n) is 4.18. The lowest BCUT2D eigenvalue weighted by atomic mass is 9.96. The molecule has 0 bridgehead atoms. The highest BCUT2D eigenvalue weighted by Gasteiger charge is 2.56. The highest BCUT2D eigenvalue weighted by atomic mass is 16.8. The number of hydrogen-bond acceptors (Lipinski definition) is 17. The molecule has 0 aromatic heterocycles. The van der Waals surface area contributed by atoms with Crippen LogP contribution in [0.5, 0.6) is 0 Å². The first-order valence-electron chi connectivity index (χ1n) is 12.4. The molecule has 0 amide bonds. The molecule has 17 heteroatoms. The van der Waals surface area contributed by atoms with Gasteiger partial charge in [-0.25, -0.2) is 0 Å². The van der Waals surface area contributed by atoms with Gasteiger partial charge in [0.05, 0.1) is 0 Å². The molecule has 0 aliphatic carbocycles. The number of esters is 6. The van der Waals surface area contributed by atoms with Gasteiger partial charge in [0.2, 0.25) is 0 Å². The van der Waals surface area contributed by atoms with Crippen LogP contribution in [-0.4, -0.2) is 121 Å².